The topological polar surface area (TPSA) is 29.3 Å². The molecule has 0 aliphatic heterocycles. The zero-order valence-corrected chi connectivity index (χ0v) is 10.5. The molecule has 2 N–H and O–H groups in total. The van der Waals surface area contributed by atoms with E-state index >= 15 is 0 Å². The molecule has 0 fully saturated rings. The second kappa shape index (κ2) is 5.21. The highest BCUT2D eigenvalue weighted by atomic mass is 35.5. The van der Waals surface area contributed by atoms with Gasteiger partial charge in [0.1, 0.15) is 0 Å². The minimum absolute atomic E-state index is 0.509. The van der Waals surface area contributed by atoms with Gasteiger partial charge in [0.05, 0.1) is 10.7 Å². The fraction of sp³-hybridized carbons (Fsp3) is 0.143. The van der Waals surface area contributed by atoms with Crippen LogP contribution >= 0.6 is 11.6 Å². The molecule has 2 rings (SSSR count). The summed E-state index contributed by atoms with van der Waals surface area (Å²) in [4.78, 5) is 2.06. The lowest BCUT2D eigenvalue weighted by atomic mass is 10.2. The molecule has 0 saturated carbocycles. The first-order valence-electron chi connectivity index (χ1n) is 5.49. The molecule has 0 aliphatic carbocycles. The number of benzene rings is 2. The quantitative estimate of drug-likeness (QED) is 0.897. The Morgan fingerprint density at radius 1 is 1.12 bits per heavy atom. The Morgan fingerprint density at radius 2 is 1.82 bits per heavy atom. The molecule has 2 aromatic rings. The minimum atomic E-state index is 0.509. The Bertz CT molecular complexity index is 497. The number of halogens is 1. The summed E-state index contributed by atoms with van der Waals surface area (Å²) < 4.78 is 0. The summed E-state index contributed by atoms with van der Waals surface area (Å²) >= 11 is 6.26. The second-order valence-electron chi connectivity index (χ2n) is 3.88. The van der Waals surface area contributed by atoms with Crippen LogP contribution in [0, 0.1) is 0 Å². The van der Waals surface area contributed by atoms with E-state index in [0.29, 0.717) is 6.54 Å². The maximum Gasteiger partial charge on any atom is 0.0646 e. The summed E-state index contributed by atoms with van der Waals surface area (Å²) in [7, 11) is 2.00. The molecule has 0 spiro atoms. The van der Waals surface area contributed by atoms with Crippen molar-refractivity contribution < 1.29 is 0 Å². The van der Waals surface area contributed by atoms with Crippen LogP contribution in [0.5, 0.6) is 0 Å². The maximum atomic E-state index is 6.26. The predicted molar refractivity (Wildman–Crippen MR) is 73.8 cm³/mol. The van der Waals surface area contributed by atoms with E-state index in [2.05, 4.69) is 4.90 Å². The average Bonchev–Trinajstić information content (AvgIpc) is 2.39. The first-order chi connectivity index (χ1) is 8.22. The molecule has 0 unspecified atom stereocenters. The van der Waals surface area contributed by atoms with Crippen molar-refractivity contribution in [1.29, 1.82) is 0 Å². The summed E-state index contributed by atoms with van der Waals surface area (Å²) in [5.41, 5.74) is 8.71. The van der Waals surface area contributed by atoms with Gasteiger partial charge in [-0.05, 0) is 29.8 Å². The zero-order valence-electron chi connectivity index (χ0n) is 9.73. The fourth-order valence-electron chi connectivity index (χ4n) is 1.74. The minimum Gasteiger partial charge on any atom is -0.343 e. The third-order valence-corrected chi connectivity index (χ3v) is 3.06. The van der Waals surface area contributed by atoms with Gasteiger partial charge in [-0.15, -0.1) is 0 Å². The molecule has 0 atom stereocenters. The highest BCUT2D eigenvalue weighted by Gasteiger charge is 2.07. The first kappa shape index (κ1) is 12.0. The maximum absolute atomic E-state index is 6.26. The molecule has 0 bridgehead atoms. The number of nitrogens with two attached hydrogens (primary N) is 1. The number of hydrogen-bond donors (Lipinski definition) is 1. The number of anilines is 2. The Hall–Kier alpha value is -1.51. The van der Waals surface area contributed by atoms with Crippen molar-refractivity contribution in [3.63, 3.8) is 0 Å². The van der Waals surface area contributed by atoms with Crippen molar-refractivity contribution in [2.24, 2.45) is 5.73 Å². The van der Waals surface area contributed by atoms with Gasteiger partial charge in [0.2, 0.25) is 0 Å². The van der Waals surface area contributed by atoms with Crippen LogP contribution in [-0.4, -0.2) is 7.05 Å². The SMILES string of the molecule is CN(c1ccccc1)c1ccc(CN)cc1Cl. The van der Waals surface area contributed by atoms with E-state index in [1.54, 1.807) is 0 Å². The predicted octanol–water partition coefficient (Wildman–Crippen LogP) is 3.57. The van der Waals surface area contributed by atoms with Crippen LogP contribution in [0.25, 0.3) is 0 Å². The van der Waals surface area contributed by atoms with E-state index in [-0.39, 0.29) is 0 Å². The van der Waals surface area contributed by atoms with E-state index in [4.69, 9.17) is 17.3 Å². The summed E-state index contributed by atoms with van der Waals surface area (Å²) in [6, 6.07) is 16.0. The lowest BCUT2D eigenvalue weighted by Gasteiger charge is -2.21. The molecule has 3 heteroatoms. The Labute approximate surface area is 107 Å². The summed E-state index contributed by atoms with van der Waals surface area (Å²) in [6.45, 7) is 0.509. The van der Waals surface area contributed by atoms with E-state index in [1.165, 1.54) is 0 Å². The van der Waals surface area contributed by atoms with Gasteiger partial charge in [0.25, 0.3) is 0 Å². The third-order valence-electron chi connectivity index (χ3n) is 2.75. The van der Waals surface area contributed by atoms with Crippen molar-refractivity contribution >= 4 is 23.0 Å². The Balaban J connectivity index is 2.34. The van der Waals surface area contributed by atoms with Gasteiger partial charge >= 0.3 is 0 Å². The molecule has 17 heavy (non-hydrogen) atoms. The van der Waals surface area contributed by atoms with Crippen LogP contribution in [-0.2, 0) is 6.54 Å². The molecule has 0 radical (unpaired) electrons. The van der Waals surface area contributed by atoms with E-state index in [1.807, 2.05) is 55.6 Å². The summed E-state index contributed by atoms with van der Waals surface area (Å²) in [5.74, 6) is 0. The molecular weight excluding hydrogens is 232 g/mol. The van der Waals surface area contributed by atoms with Crippen LogP contribution in [0.15, 0.2) is 48.5 Å². The molecule has 0 amide bonds. The number of hydrogen-bond acceptors (Lipinski definition) is 2. The van der Waals surface area contributed by atoms with Crippen LogP contribution in [0.2, 0.25) is 5.02 Å². The van der Waals surface area contributed by atoms with E-state index < -0.39 is 0 Å². The summed E-state index contributed by atoms with van der Waals surface area (Å²) in [6.07, 6.45) is 0. The van der Waals surface area contributed by atoms with Crippen molar-refractivity contribution in [2.75, 3.05) is 11.9 Å². The molecule has 2 aromatic carbocycles. The first-order valence-corrected chi connectivity index (χ1v) is 5.87. The van der Waals surface area contributed by atoms with Gasteiger partial charge in [-0.25, -0.2) is 0 Å². The van der Waals surface area contributed by atoms with Crippen LogP contribution < -0.4 is 10.6 Å². The largest absolute Gasteiger partial charge is 0.343 e. The third kappa shape index (κ3) is 2.60. The Morgan fingerprint density at radius 3 is 2.41 bits per heavy atom. The molecule has 88 valence electrons. The number of rotatable bonds is 3. The smallest absolute Gasteiger partial charge is 0.0646 e. The molecule has 0 aromatic heterocycles. The lowest BCUT2D eigenvalue weighted by molar-refractivity contribution is 1.07. The average molecular weight is 247 g/mol. The van der Waals surface area contributed by atoms with Gasteiger partial charge in [-0.3, -0.25) is 0 Å². The van der Waals surface area contributed by atoms with Crippen LogP contribution in [0.3, 0.4) is 0 Å². The summed E-state index contributed by atoms with van der Waals surface area (Å²) in [5, 5.41) is 0.722. The zero-order chi connectivity index (χ0) is 12.3. The van der Waals surface area contributed by atoms with Gasteiger partial charge in [-0.1, -0.05) is 35.9 Å². The van der Waals surface area contributed by atoms with Crippen molar-refractivity contribution in [3.05, 3.63) is 59.1 Å². The van der Waals surface area contributed by atoms with Gasteiger partial charge in [0.15, 0.2) is 0 Å². The molecular formula is C14H15ClN2. The molecule has 0 heterocycles. The second-order valence-corrected chi connectivity index (χ2v) is 4.29. The standard InChI is InChI=1S/C14H15ClN2/c1-17(12-5-3-2-4-6-12)14-8-7-11(10-16)9-13(14)15/h2-9H,10,16H2,1H3. The van der Waals surface area contributed by atoms with Gasteiger partial charge in [-0.2, -0.15) is 0 Å². The lowest BCUT2D eigenvalue weighted by Crippen LogP contribution is -2.10. The van der Waals surface area contributed by atoms with Gasteiger partial charge in [0, 0.05) is 19.3 Å². The Kier molecular flexibility index (Phi) is 3.67. The van der Waals surface area contributed by atoms with Crippen molar-refractivity contribution in [2.45, 2.75) is 6.54 Å². The number of nitrogens with zero attached hydrogens (tertiary/aromatic N) is 1. The highest BCUT2D eigenvalue weighted by molar-refractivity contribution is 6.33. The monoisotopic (exact) mass is 246 g/mol. The van der Waals surface area contributed by atoms with E-state index in [0.717, 1.165) is 22.0 Å². The van der Waals surface area contributed by atoms with Gasteiger partial charge < -0.3 is 10.6 Å². The normalized spacial score (nSPS) is 10.3. The van der Waals surface area contributed by atoms with Crippen LogP contribution in [0.1, 0.15) is 5.56 Å². The van der Waals surface area contributed by atoms with E-state index in [9.17, 15) is 0 Å². The fourth-order valence-corrected chi connectivity index (χ4v) is 2.07. The molecule has 0 aliphatic rings. The number of para-hydroxylation sites is 1. The molecule has 0 saturated heterocycles. The molecule has 2 nitrogen and oxygen atoms in total. The highest BCUT2D eigenvalue weighted by Crippen LogP contribution is 2.30. The van der Waals surface area contributed by atoms with Crippen molar-refractivity contribution in [3.8, 4) is 0 Å². The van der Waals surface area contributed by atoms with Crippen LogP contribution in [0.4, 0.5) is 11.4 Å². The van der Waals surface area contributed by atoms with Crippen molar-refractivity contribution in [1.82, 2.24) is 0 Å².